The van der Waals surface area contributed by atoms with Crippen LogP contribution < -0.4 is 10.8 Å². The Morgan fingerprint density at radius 1 is 1.11 bits per heavy atom. The number of carbonyl (C=O) groups is 2. The van der Waals surface area contributed by atoms with Gasteiger partial charge in [0.25, 0.3) is 17.5 Å². The molecular weight excluding hydrogens is 366 g/mol. The van der Waals surface area contributed by atoms with Crippen molar-refractivity contribution in [1.29, 1.82) is 0 Å². The Morgan fingerprint density at radius 3 is 2.32 bits per heavy atom. The number of carbonyl (C=O) groups excluding carboxylic acids is 2. The number of nitro groups is 1. The average Bonchev–Trinajstić information content (AvgIpc) is 2.70. The minimum Gasteiger partial charge on any atom is -0.391 e. The highest BCUT2D eigenvalue weighted by Crippen LogP contribution is 2.12. The van der Waals surface area contributed by atoms with Gasteiger partial charge in [0.2, 0.25) is 0 Å². The highest BCUT2D eigenvalue weighted by atomic mass is 16.6. The first-order valence-corrected chi connectivity index (χ1v) is 8.11. The molecule has 0 saturated heterocycles. The summed E-state index contributed by atoms with van der Waals surface area (Å²) in [5, 5.41) is 31.3. The zero-order chi connectivity index (χ0) is 20.7. The number of non-ortho nitro benzene ring substituents is 1. The van der Waals surface area contributed by atoms with Crippen LogP contribution in [0.15, 0.2) is 48.5 Å². The van der Waals surface area contributed by atoms with Gasteiger partial charge in [-0.05, 0) is 37.3 Å². The third kappa shape index (κ3) is 5.38. The zero-order valence-corrected chi connectivity index (χ0v) is 14.7. The Morgan fingerprint density at radius 2 is 1.75 bits per heavy atom. The second kappa shape index (κ2) is 9.27. The first-order valence-electron chi connectivity index (χ1n) is 8.11. The smallest absolute Gasteiger partial charge is 0.270 e. The molecule has 4 N–H and O–H groups in total. The molecule has 0 spiro atoms. The highest BCUT2D eigenvalue weighted by Gasteiger charge is 2.25. The number of hydroxylamine groups is 1. The van der Waals surface area contributed by atoms with Crippen molar-refractivity contribution in [3.63, 3.8) is 0 Å². The Bertz CT molecular complexity index is 944. The molecular formula is C19H17N3O6. The van der Waals surface area contributed by atoms with Crippen molar-refractivity contribution in [2.75, 3.05) is 0 Å². The van der Waals surface area contributed by atoms with Gasteiger partial charge in [-0.2, -0.15) is 0 Å². The summed E-state index contributed by atoms with van der Waals surface area (Å²) in [6, 6.07) is 10.7. The molecule has 9 nitrogen and oxygen atoms in total. The molecule has 2 amide bonds. The van der Waals surface area contributed by atoms with E-state index in [0.717, 1.165) is 0 Å². The van der Waals surface area contributed by atoms with Gasteiger partial charge in [-0.3, -0.25) is 24.9 Å². The standard InChI is InChI=1S/C19H17N3O6/c1-12(23)17(19(25)21-26)20-18(24)15-9-7-13(8-10-15)5-6-14-3-2-4-16(11-14)22(27)28/h2-4,7-12,17,23,26H,1H3,(H,20,24)(H,21,25)/t12-,17?/m1/s1. The van der Waals surface area contributed by atoms with Crippen LogP contribution in [0.4, 0.5) is 5.69 Å². The predicted octanol–water partition coefficient (Wildman–Crippen LogP) is 0.979. The van der Waals surface area contributed by atoms with E-state index in [1.807, 2.05) is 0 Å². The molecule has 2 rings (SSSR count). The number of aliphatic hydroxyl groups is 1. The molecule has 144 valence electrons. The number of benzene rings is 2. The number of hydrogen-bond acceptors (Lipinski definition) is 6. The lowest BCUT2D eigenvalue weighted by Crippen LogP contribution is -2.51. The Balaban J connectivity index is 2.11. The van der Waals surface area contributed by atoms with Crippen LogP contribution >= 0.6 is 0 Å². The molecule has 2 atom stereocenters. The van der Waals surface area contributed by atoms with Crippen molar-refractivity contribution < 1.29 is 24.8 Å². The van der Waals surface area contributed by atoms with Gasteiger partial charge in [-0.25, -0.2) is 5.48 Å². The maximum atomic E-state index is 12.2. The molecule has 0 radical (unpaired) electrons. The van der Waals surface area contributed by atoms with Gasteiger partial charge in [0, 0.05) is 28.8 Å². The van der Waals surface area contributed by atoms with Crippen LogP contribution in [0, 0.1) is 22.0 Å². The summed E-state index contributed by atoms with van der Waals surface area (Å²) in [5.41, 5.74) is 2.59. The normalized spacial score (nSPS) is 12.1. The molecule has 0 saturated carbocycles. The maximum Gasteiger partial charge on any atom is 0.270 e. The number of hydrogen-bond donors (Lipinski definition) is 4. The summed E-state index contributed by atoms with van der Waals surface area (Å²) in [7, 11) is 0. The van der Waals surface area contributed by atoms with Crippen LogP contribution in [0.3, 0.4) is 0 Å². The number of amides is 2. The quantitative estimate of drug-likeness (QED) is 0.262. The number of nitrogens with zero attached hydrogens (tertiary/aromatic N) is 1. The van der Waals surface area contributed by atoms with Crippen LogP contribution in [-0.2, 0) is 4.79 Å². The number of nitro benzene ring substituents is 1. The maximum absolute atomic E-state index is 12.2. The molecule has 0 aliphatic heterocycles. The van der Waals surface area contributed by atoms with Gasteiger partial charge in [-0.1, -0.05) is 17.9 Å². The molecule has 0 bridgehead atoms. The lowest BCUT2D eigenvalue weighted by atomic mass is 10.1. The van der Waals surface area contributed by atoms with Crippen LogP contribution in [0.1, 0.15) is 28.4 Å². The predicted molar refractivity (Wildman–Crippen MR) is 98.4 cm³/mol. The van der Waals surface area contributed by atoms with Crippen molar-refractivity contribution in [1.82, 2.24) is 10.8 Å². The molecule has 28 heavy (non-hydrogen) atoms. The van der Waals surface area contributed by atoms with E-state index in [0.29, 0.717) is 11.1 Å². The Labute approximate surface area is 160 Å². The fraction of sp³-hybridized carbons (Fsp3) is 0.158. The van der Waals surface area contributed by atoms with Gasteiger partial charge in [-0.15, -0.1) is 0 Å². The number of rotatable bonds is 5. The van der Waals surface area contributed by atoms with E-state index in [-0.39, 0.29) is 11.3 Å². The first-order chi connectivity index (χ1) is 13.3. The van der Waals surface area contributed by atoms with Crippen molar-refractivity contribution >= 4 is 17.5 Å². The summed E-state index contributed by atoms with van der Waals surface area (Å²) in [6.07, 6.45) is -1.21. The summed E-state index contributed by atoms with van der Waals surface area (Å²) in [4.78, 5) is 33.9. The Hall–Kier alpha value is -3.74. The van der Waals surface area contributed by atoms with Gasteiger partial charge < -0.3 is 10.4 Å². The summed E-state index contributed by atoms with van der Waals surface area (Å²) >= 11 is 0. The fourth-order valence-electron chi connectivity index (χ4n) is 2.25. The van der Waals surface area contributed by atoms with Gasteiger partial charge in [0.1, 0.15) is 6.04 Å². The molecule has 0 aromatic heterocycles. The highest BCUT2D eigenvalue weighted by molar-refractivity contribution is 5.97. The third-order valence-corrected chi connectivity index (χ3v) is 3.72. The van der Waals surface area contributed by atoms with Crippen molar-refractivity contribution in [3.05, 3.63) is 75.3 Å². The van der Waals surface area contributed by atoms with Crippen LogP contribution in [-0.4, -0.2) is 39.2 Å². The van der Waals surface area contributed by atoms with Crippen molar-refractivity contribution in [2.45, 2.75) is 19.1 Å². The van der Waals surface area contributed by atoms with Crippen molar-refractivity contribution in [3.8, 4) is 11.8 Å². The second-order valence-corrected chi connectivity index (χ2v) is 5.80. The minimum absolute atomic E-state index is 0.0570. The van der Waals surface area contributed by atoms with Gasteiger partial charge >= 0.3 is 0 Å². The SMILES string of the molecule is C[C@@H](O)C(NC(=O)c1ccc(C#Cc2cccc([N+](=O)[O-])c2)cc1)C(=O)NO. The van der Waals surface area contributed by atoms with E-state index in [9.17, 15) is 24.8 Å². The molecule has 0 fully saturated rings. The van der Waals surface area contributed by atoms with Gasteiger partial charge in [0.05, 0.1) is 11.0 Å². The topological polar surface area (TPSA) is 142 Å². The molecule has 0 heterocycles. The van der Waals surface area contributed by atoms with Gasteiger partial charge in [0.15, 0.2) is 0 Å². The average molecular weight is 383 g/mol. The number of aliphatic hydroxyl groups excluding tert-OH is 1. The van der Waals surface area contributed by atoms with E-state index in [1.165, 1.54) is 42.7 Å². The Kier molecular flexibility index (Phi) is 6.81. The van der Waals surface area contributed by atoms with E-state index in [1.54, 1.807) is 18.2 Å². The molecule has 0 aliphatic carbocycles. The summed E-state index contributed by atoms with van der Waals surface area (Å²) in [5.74, 6) is 4.08. The molecule has 0 aliphatic rings. The minimum atomic E-state index is -1.31. The summed E-state index contributed by atoms with van der Waals surface area (Å²) < 4.78 is 0. The summed E-state index contributed by atoms with van der Waals surface area (Å²) in [6.45, 7) is 1.30. The zero-order valence-electron chi connectivity index (χ0n) is 14.7. The lowest BCUT2D eigenvalue weighted by Gasteiger charge is -2.19. The third-order valence-electron chi connectivity index (χ3n) is 3.72. The van der Waals surface area contributed by atoms with E-state index in [2.05, 4.69) is 17.2 Å². The van der Waals surface area contributed by atoms with E-state index >= 15 is 0 Å². The monoisotopic (exact) mass is 383 g/mol. The first kappa shape index (κ1) is 20.6. The second-order valence-electron chi connectivity index (χ2n) is 5.80. The van der Waals surface area contributed by atoms with Crippen LogP contribution in [0.2, 0.25) is 0 Å². The van der Waals surface area contributed by atoms with E-state index < -0.39 is 28.9 Å². The molecule has 2 aromatic carbocycles. The fourth-order valence-corrected chi connectivity index (χ4v) is 2.25. The largest absolute Gasteiger partial charge is 0.391 e. The molecule has 1 unspecified atom stereocenters. The van der Waals surface area contributed by atoms with Crippen LogP contribution in [0.5, 0.6) is 0 Å². The molecule has 9 heteroatoms. The van der Waals surface area contributed by atoms with E-state index in [4.69, 9.17) is 5.21 Å². The van der Waals surface area contributed by atoms with Crippen LogP contribution in [0.25, 0.3) is 0 Å². The molecule has 2 aromatic rings. The lowest BCUT2D eigenvalue weighted by molar-refractivity contribution is -0.384. The number of nitrogens with one attached hydrogen (secondary N) is 2. The van der Waals surface area contributed by atoms with Crippen molar-refractivity contribution in [2.24, 2.45) is 0 Å².